The fourth-order valence-corrected chi connectivity index (χ4v) is 3.79. The fraction of sp³-hybridized carbons (Fsp3) is 0.0556. The average molecular weight is 325 g/mol. The van der Waals surface area contributed by atoms with Crippen molar-refractivity contribution in [2.75, 3.05) is 0 Å². The Morgan fingerprint density at radius 1 is 0.739 bits per heavy atom. The highest BCUT2D eigenvalue weighted by Gasteiger charge is 2.28. The first-order valence-electron chi connectivity index (χ1n) is 7.21. The minimum Gasteiger partial charge on any atom is -0.416 e. The second kappa shape index (κ2) is 7.12. The third kappa shape index (κ3) is 4.44. The van der Waals surface area contributed by atoms with Crippen molar-refractivity contribution in [2.45, 2.75) is 6.16 Å². The molecule has 0 saturated carbocycles. The van der Waals surface area contributed by atoms with Crippen molar-refractivity contribution >= 4 is 7.60 Å². The molecule has 1 aromatic heterocycles. The second-order valence-electron chi connectivity index (χ2n) is 4.93. The molecule has 4 nitrogen and oxygen atoms in total. The first kappa shape index (κ1) is 15.3. The zero-order valence-electron chi connectivity index (χ0n) is 12.4. The molecule has 0 aliphatic rings. The van der Waals surface area contributed by atoms with E-state index in [0.717, 1.165) is 5.56 Å². The van der Waals surface area contributed by atoms with Crippen molar-refractivity contribution in [3.63, 3.8) is 0 Å². The normalized spacial score (nSPS) is 11.0. The third-order valence-electron chi connectivity index (χ3n) is 3.10. The second-order valence-corrected chi connectivity index (χ2v) is 6.84. The molecule has 3 rings (SSSR count). The van der Waals surface area contributed by atoms with Crippen LogP contribution < -0.4 is 9.05 Å². The Bertz CT molecular complexity index is 671. The van der Waals surface area contributed by atoms with Crippen LogP contribution in [-0.2, 0) is 10.7 Å². The minimum atomic E-state index is -3.41. The van der Waals surface area contributed by atoms with E-state index in [0.29, 0.717) is 11.5 Å². The third-order valence-corrected chi connectivity index (χ3v) is 4.83. The molecular formula is C18H16NO3P. The number of benzene rings is 2. The number of hydrogen-bond acceptors (Lipinski definition) is 4. The standard InChI is InChI=1S/C18H16NO3P/c20-23(15-16-11-13-19-14-12-16,21-17-7-3-1-4-8-17)22-18-9-5-2-6-10-18/h1-14H,15H2. The molecule has 1 heterocycles. The monoisotopic (exact) mass is 325 g/mol. The molecule has 0 radical (unpaired) electrons. The van der Waals surface area contributed by atoms with E-state index in [1.54, 1.807) is 48.8 Å². The van der Waals surface area contributed by atoms with E-state index in [9.17, 15) is 4.57 Å². The van der Waals surface area contributed by atoms with Gasteiger partial charge in [0.15, 0.2) is 0 Å². The van der Waals surface area contributed by atoms with Crippen LogP contribution >= 0.6 is 7.60 Å². The summed E-state index contributed by atoms with van der Waals surface area (Å²) in [5.41, 5.74) is 0.843. The maximum atomic E-state index is 13.3. The molecule has 0 spiro atoms. The van der Waals surface area contributed by atoms with Gasteiger partial charge in [-0.15, -0.1) is 0 Å². The summed E-state index contributed by atoms with van der Waals surface area (Å²) < 4.78 is 24.7. The minimum absolute atomic E-state index is 0.166. The summed E-state index contributed by atoms with van der Waals surface area (Å²) in [5.74, 6) is 1.03. The maximum absolute atomic E-state index is 13.3. The number of rotatable bonds is 6. The Kier molecular flexibility index (Phi) is 4.74. The number of aromatic nitrogens is 1. The van der Waals surface area contributed by atoms with E-state index in [1.807, 2.05) is 36.4 Å². The predicted molar refractivity (Wildman–Crippen MR) is 89.7 cm³/mol. The number of hydrogen-bond donors (Lipinski definition) is 0. The first-order valence-corrected chi connectivity index (χ1v) is 8.94. The zero-order valence-corrected chi connectivity index (χ0v) is 13.3. The lowest BCUT2D eigenvalue weighted by molar-refractivity contribution is 0.384. The van der Waals surface area contributed by atoms with Gasteiger partial charge in [-0.25, -0.2) is 4.57 Å². The van der Waals surface area contributed by atoms with Crippen LogP contribution in [0.15, 0.2) is 85.2 Å². The number of para-hydroxylation sites is 2. The molecule has 0 saturated heterocycles. The highest BCUT2D eigenvalue weighted by Crippen LogP contribution is 2.51. The van der Waals surface area contributed by atoms with E-state index in [4.69, 9.17) is 9.05 Å². The topological polar surface area (TPSA) is 48.4 Å². The van der Waals surface area contributed by atoms with Crippen molar-refractivity contribution in [3.8, 4) is 11.5 Å². The van der Waals surface area contributed by atoms with Gasteiger partial charge in [0.05, 0.1) is 6.16 Å². The largest absolute Gasteiger partial charge is 0.435 e. The van der Waals surface area contributed by atoms with Crippen LogP contribution in [0, 0.1) is 0 Å². The van der Waals surface area contributed by atoms with Gasteiger partial charge in [0.25, 0.3) is 0 Å². The average Bonchev–Trinajstić information content (AvgIpc) is 2.57. The molecule has 2 aromatic carbocycles. The molecule has 0 N–H and O–H groups in total. The lowest BCUT2D eigenvalue weighted by Gasteiger charge is -2.20. The first-order chi connectivity index (χ1) is 11.2. The Morgan fingerprint density at radius 3 is 1.70 bits per heavy atom. The number of nitrogens with zero attached hydrogens (tertiary/aromatic N) is 1. The predicted octanol–water partition coefficient (Wildman–Crippen LogP) is 4.93. The van der Waals surface area contributed by atoms with E-state index in [1.165, 1.54) is 0 Å². The van der Waals surface area contributed by atoms with Crippen molar-refractivity contribution < 1.29 is 13.6 Å². The van der Waals surface area contributed by atoms with Crippen molar-refractivity contribution in [2.24, 2.45) is 0 Å². The summed E-state index contributed by atoms with van der Waals surface area (Å²) in [6.45, 7) is 0. The molecule has 23 heavy (non-hydrogen) atoms. The van der Waals surface area contributed by atoms with E-state index >= 15 is 0 Å². The quantitative estimate of drug-likeness (QED) is 0.603. The van der Waals surface area contributed by atoms with Crippen LogP contribution in [0.5, 0.6) is 11.5 Å². The van der Waals surface area contributed by atoms with Crippen LogP contribution in [0.25, 0.3) is 0 Å². The van der Waals surface area contributed by atoms with Gasteiger partial charge in [0, 0.05) is 12.4 Å². The maximum Gasteiger partial charge on any atom is 0.435 e. The van der Waals surface area contributed by atoms with E-state index in [-0.39, 0.29) is 6.16 Å². The Hall–Kier alpha value is -2.58. The van der Waals surface area contributed by atoms with Gasteiger partial charge in [-0.05, 0) is 42.0 Å². The van der Waals surface area contributed by atoms with Crippen LogP contribution in [0.3, 0.4) is 0 Å². The van der Waals surface area contributed by atoms with Gasteiger partial charge in [-0.1, -0.05) is 36.4 Å². The molecule has 5 heteroatoms. The summed E-state index contributed by atoms with van der Waals surface area (Å²) in [6.07, 6.45) is 3.48. The van der Waals surface area contributed by atoms with E-state index in [2.05, 4.69) is 4.98 Å². The summed E-state index contributed by atoms with van der Waals surface area (Å²) in [5, 5.41) is 0. The highest BCUT2D eigenvalue weighted by molar-refractivity contribution is 7.53. The SMILES string of the molecule is O=P(Cc1ccncc1)(Oc1ccccc1)Oc1ccccc1. The van der Waals surface area contributed by atoms with Crippen LogP contribution in [0.2, 0.25) is 0 Å². The van der Waals surface area contributed by atoms with Crippen LogP contribution in [0.1, 0.15) is 5.56 Å². The molecule has 0 unspecified atom stereocenters. The molecule has 0 aliphatic heterocycles. The van der Waals surface area contributed by atoms with Crippen molar-refractivity contribution in [1.29, 1.82) is 0 Å². The fourth-order valence-electron chi connectivity index (χ4n) is 2.08. The van der Waals surface area contributed by atoms with Gasteiger partial charge in [-0.2, -0.15) is 0 Å². The number of pyridine rings is 1. The molecule has 0 amide bonds. The lowest BCUT2D eigenvalue weighted by atomic mass is 10.3. The summed E-state index contributed by atoms with van der Waals surface area (Å²) >= 11 is 0. The van der Waals surface area contributed by atoms with Gasteiger partial charge in [0.1, 0.15) is 11.5 Å². The molecule has 0 fully saturated rings. The smallest absolute Gasteiger partial charge is 0.416 e. The van der Waals surface area contributed by atoms with Gasteiger partial charge in [0.2, 0.25) is 0 Å². The van der Waals surface area contributed by atoms with E-state index < -0.39 is 7.60 Å². The molecule has 3 aromatic rings. The lowest BCUT2D eigenvalue weighted by Crippen LogP contribution is -2.04. The molecule has 0 bridgehead atoms. The Labute approximate surface area is 135 Å². The Morgan fingerprint density at radius 2 is 1.22 bits per heavy atom. The summed E-state index contributed by atoms with van der Waals surface area (Å²) in [6, 6.07) is 21.7. The molecular weight excluding hydrogens is 309 g/mol. The summed E-state index contributed by atoms with van der Waals surface area (Å²) in [7, 11) is -3.41. The van der Waals surface area contributed by atoms with Crippen molar-refractivity contribution in [1.82, 2.24) is 4.98 Å². The van der Waals surface area contributed by atoms with Gasteiger partial charge >= 0.3 is 7.60 Å². The molecule has 0 aliphatic carbocycles. The van der Waals surface area contributed by atoms with Crippen LogP contribution in [-0.4, -0.2) is 4.98 Å². The zero-order chi connectivity index (χ0) is 16.0. The molecule has 116 valence electrons. The summed E-state index contributed by atoms with van der Waals surface area (Å²) in [4.78, 5) is 3.97. The Balaban J connectivity index is 1.87. The van der Waals surface area contributed by atoms with Gasteiger partial charge in [-0.3, -0.25) is 4.98 Å². The highest BCUT2D eigenvalue weighted by atomic mass is 31.2. The van der Waals surface area contributed by atoms with Crippen LogP contribution in [0.4, 0.5) is 0 Å². The van der Waals surface area contributed by atoms with Gasteiger partial charge < -0.3 is 9.05 Å². The van der Waals surface area contributed by atoms with Crippen molar-refractivity contribution in [3.05, 3.63) is 90.8 Å². The molecule has 0 atom stereocenters.